The summed E-state index contributed by atoms with van der Waals surface area (Å²) in [5.41, 5.74) is 3.60. The van der Waals surface area contributed by atoms with Crippen molar-refractivity contribution in [1.82, 2.24) is 19.6 Å². The molecule has 1 atom stereocenters. The van der Waals surface area contributed by atoms with Crippen molar-refractivity contribution in [3.63, 3.8) is 0 Å². The fourth-order valence-electron chi connectivity index (χ4n) is 3.67. The molecule has 1 aromatic carbocycles. The number of anilines is 1. The topological polar surface area (TPSA) is 55.6 Å². The summed E-state index contributed by atoms with van der Waals surface area (Å²) in [7, 11) is 3.97. The second kappa shape index (κ2) is 8.07. The van der Waals surface area contributed by atoms with Crippen LogP contribution < -0.4 is 9.64 Å². The molecule has 0 saturated carbocycles. The molecule has 0 radical (unpaired) electrons. The van der Waals surface area contributed by atoms with E-state index in [2.05, 4.69) is 40.6 Å². The number of benzene rings is 1. The van der Waals surface area contributed by atoms with Gasteiger partial charge in [-0.25, -0.2) is 0 Å². The Morgan fingerprint density at radius 1 is 1.16 bits per heavy atom. The van der Waals surface area contributed by atoms with Crippen LogP contribution >= 0.6 is 11.8 Å². The van der Waals surface area contributed by atoms with E-state index in [9.17, 15) is 0 Å². The lowest BCUT2D eigenvalue weighted by Gasteiger charge is -2.17. The van der Waals surface area contributed by atoms with Gasteiger partial charge in [0.05, 0.1) is 11.7 Å². The van der Waals surface area contributed by atoms with Gasteiger partial charge in [0.25, 0.3) is 0 Å². The fourth-order valence-corrected chi connectivity index (χ4v) is 4.19. The SMILES string of the molecule is CSC1C=CC(Oc2cc(N(C)C)n3ncc(-c4cnc5ccccc5c4)c3n2)=CC1. The third-order valence-electron chi connectivity index (χ3n) is 5.34. The molecule has 6 nitrogen and oxygen atoms in total. The van der Waals surface area contributed by atoms with Gasteiger partial charge in [-0.05, 0) is 37.0 Å². The van der Waals surface area contributed by atoms with Gasteiger partial charge >= 0.3 is 0 Å². The van der Waals surface area contributed by atoms with Gasteiger partial charge in [-0.3, -0.25) is 4.98 Å². The molecule has 31 heavy (non-hydrogen) atoms. The normalized spacial score (nSPS) is 16.0. The molecule has 4 aromatic rings. The maximum absolute atomic E-state index is 6.15. The maximum atomic E-state index is 6.15. The van der Waals surface area contributed by atoms with Gasteiger partial charge in [0, 0.05) is 48.1 Å². The number of hydrogen-bond donors (Lipinski definition) is 0. The zero-order chi connectivity index (χ0) is 21.4. The number of hydrogen-bond acceptors (Lipinski definition) is 6. The van der Waals surface area contributed by atoms with Crippen LogP contribution in [0.4, 0.5) is 5.82 Å². The fraction of sp³-hybridized carbons (Fsp3) is 0.208. The Morgan fingerprint density at radius 2 is 2.03 bits per heavy atom. The van der Waals surface area contributed by atoms with Crippen LogP contribution in [-0.2, 0) is 0 Å². The van der Waals surface area contributed by atoms with Crippen molar-refractivity contribution in [2.45, 2.75) is 11.7 Å². The number of nitrogens with zero attached hydrogens (tertiary/aromatic N) is 5. The number of rotatable bonds is 5. The van der Waals surface area contributed by atoms with E-state index in [-0.39, 0.29) is 0 Å². The second-order valence-corrected chi connectivity index (χ2v) is 8.71. The molecule has 0 amide bonds. The Labute approximate surface area is 185 Å². The van der Waals surface area contributed by atoms with Crippen molar-refractivity contribution in [2.24, 2.45) is 0 Å². The minimum absolute atomic E-state index is 0.502. The first-order valence-corrected chi connectivity index (χ1v) is 11.4. The van der Waals surface area contributed by atoms with Gasteiger partial charge in [-0.2, -0.15) is 26.4 Å². The summed E-state index contributed by atoms with van der Waals surface area (Å²) < 4.78 is 7.99. The van der Waals surface area contributed by atoms with Gasteiger partial charge in [0.1, 0.15) is 11.6 Å². The number of fused-ring (bicyclic) bond motifs is 2. The number of thioether (sulfide) groups is 1. The summed E-state index contributed by atoms with van der Waals surface area (Å²) in [5, 5.41) is 6.19. The van der Waals surface area contributed by atoms with Crippen molar-refractivity contribution < 1.29 is 4.74 Å². The van der Waals surface area contributed by atoms with Crippen LogP contribution in [0.5, 0.6) is 5.88 Å². The number of ether oxygens (including phenoxy) is 1. The molecule has 5 rings (SSSR count). The number of para-hydroxylation sites is 1. The van der Waals surface area contributed by atoms with Gasteiger partial charge < -0.3 is 9.64 Å². The number of allylic oxidation sites excluding steroid dienone is 2. The minimum atomic E-state index is 0.502. The quantitative estimate of drug-likeness (QED) is 0.447. The Bertz CT molecular complexity index is 1320. The molecular formula is C24H23N5OS. The van der Waals surface area contributed by atoms with Crippen LogP contribution in [0.1, 0.15) is 6.42 Å². The third kappa shape index (κ3) is 3.77. The zero-order valence-electron chi connectivity index (χ0n) is 17.7. The van der Waals surface area contributed by atoms with Gasteiger partial charge in [-0.1, -0.05) is 24.3 Å². The van der Waals surface area contributed by atoms with Crippen LogP contribution in [0, 0.1) is 0 Å². The lowest BCUT2D eigenvalue weighted by Crippen LogP contribution is -2.15. The molecule has 1 unspecified atom stereocenters. The third-order valence-corrected chi connectivity index (χ3v) is 6.30. The molecule has 1 aliphatic carbocycles. The molecule has 0 fully saturated rings. The highest BCUT2D eigenvalue weighted by molar-refractivity contribution is 7.99. The number of pyridine rings is 1. The van der Waals surface area contributed by atoms with Crippen molar-refractivity contribution >= 4 is 34.1 Å². The highest BCUT2D eigenvalue weighted by Gasteiger charge is 2.17. The van der Waals surface area contributed by atoms with E-state index < -0.39 is 0 Å². The summed E-state index contributed by atoms with van der Waals surface area (Å²) in [6.45, 7) is 0. The Morgan fingerprint density at radius 3 is 2.81 bits per heavy atom. The van der Waals surface area contributed by atoms with E-state index in [0.29, 0.717) is 11.1 Å². The molecule has 0 aliphatic heterocycles. The van der Waals surface area contributed by atoms with E-state index in [1.807, 2.05) is 78.0 Å². The zero-order valence-corrected chi connectivity index (χ0v) is 18.5. The maximum Gasteiger partial charge on any atom is 0.224 e. The first-order chi connectivity index (χ1) is 15.1. The van der Waals surface area contributed by atoms with E-state index in [1.54, 1.807) is 0 Å². The summed E-state index contributed by atoms with van der Waals surface area (Å²) in [6, 6.07) is 12.1. The van der Waals surface area contributed by atoms with Crippen LogP contribution in [-0.4, -0.2) is 45.2 Å². The van der Waals surface area contributed by atoms with Crippen LogP contribution in [0.3, 0.4) is 0 Å². The summed E-state index contributed by atoms with van der Waals surface area (Å²) in [4.78, 5) is 11.4. The molecule has 3 heterocycles. The predicted molar refractivity (Wildman–Crippen MR) is 128 cm³/mol. The molecule has 0 spiro atoms. The summed E-state index contributed by atoms with van der Waals surface area (Å²) in [5.74, 6) is 2.26. The highest BCUT2D eigenvalue weighted by Crippen LogP contribution is 2.31. The van der Waals surface area contributed by atoms with Crippen molar-refractivity contribution in [3.05, 3.63) is 72.8 Å². The average molecular weight is 430 g/mol. The van der Waals surface area contributed by atoms with E-state index in [0.717, 1.165) is 45.7 Å². The molecule has 0 saturated heterocycles. The summed E-state index contributed by atoms with van der Waals surface area (Å²) >= 11 is 1.84. The monoisotopic (exact) mass is 429 g/mol. The van der Waals surface area contributed by atoms with Crippen LogP contribution in [0.2, 0.25) is 0 Å². The molecule has 0 bridgehead atoms. The second-order valence-electron chi connectivity index (χ2n) is 7.63. The number of aromatic nitrogens is 4. The van der Waals surface area contributed by atoms with Gasteiger partial charge in [-0.15, -0.1) is 0 Å². The largest absolute Gasteiger partial charge is 0.439 e. The smallest absolute Gasteiger partial charge is 0.224 e. The molecular weight excluding hydrogens is 406 g/mol. The summed E-state index contributed by atoms with van der Waals surface area (Å²) in [6.07, 6.45) is 13.1. The van der Waals surface area contributed by atoms with Crippen molar-refractivity contribution in [2.75, 3.05) is 25.3 Å². The Kier molecular flexibility index (Phi) is 5.11. The van der Waals surface area contributed by atoms with Gasteiger partial charge in [0.15, 0.2) is 5.65 Å². The Balaban J connectivity index is 1.59. The molecule has 156 valence electrons. The minimum Gasteiger partial charge on any atom is -0.439 e. The van der Waals surface area contributed by atoms with E-state index >= 15 is 0 Å². The first kappa shape index (κ1) is 19.6. The highest BCUT2D eigenvalue weighted by atomic mass is 32.2. The average Bonchev–Trinajstić information content (AvgIpc) is 3.22. The molecule has 3 aromatic heterocycles. The lowest BCUT2D eigenvalue weighted by molar-refractivity contribution is 0.422. The lowest BCUT2D eigenvalue weighted by atomic mass is 10.1. The van der Waals surface area contributed by atoms with Gasteiger partial charge in [0.2, 0.25) is 5.88 Å². The standard InChI is InChI=1S/C24H23N5OS/c1-28(2)23-13-22(30-18-8-10-19(31-3)11-9-18)27-24-20(15-26-29(23)24)17-12-16-6-4-5-7-21(16)25-14-17/h4-10,12-15,19H,11H2,1-3H3. The van der Waals surface area contributed by atoms with Crippen LogP contribution in [0.15, 0.2) is 72.8 Å². The van der Waals surface area contributed by atoms with Crippen LogP contribution in [0.25, 0.3) is 27.7 Å². The van der Waals surface area contributed by atoms with Crippen molar-refractivity contribution in [3.8, 4) is 17.0 Å². The molecule has 1 aliphatic rings. The van der Waals surface area contributed by atoms with E-state index in [1.165, 1.54) is 0 Å². The predicted octanol–water partition coefficient (Wildman–Crippen LogP) is 4.96. The van der Waals surface area contributed by atoms with Crippen molar-refractivity contribution in [1.29, 1.82) is 0 Å². The molecule has 0 N–H and O–H groups in total. The van der Waals surface area contributed by atoms with E-state index in [4.69, 9.17) is 9.72 Å². The molecule has 7 heteroatoms. The Hall–Kier alpha value is -3.32. The first-order valence-electron chi connectivity index (χ1n) is 10.1.